The molecule has 1 aromatic carbocycles. The molecule has 1 nitrogen and oxygen atoms in total. The minimum absolute atomic E-state index is 0.0731. The SMILES string of the molecule is CCNC(c1ccc(C(C)(C)C)s1)c1cccc(C)c1F. The van der Waals surface area contributed by atoms with Crippen molar-refractivity contribution in [1.82, 2.24) is 5.32 Å². The molecule has 1 heterocycles. The van der Waals surface area contributed by atoms with Crippen LogP contribution in [0.1, 0.15) is 54.6 Å². The van der Waals surface area contributed by atoms with Gasteiger partial charge in [-0.05, 0) is 36.6 Å². The van der Waals surface area contributed by atoms with E-state index in [0.29, 0.717) is 5.56 Å². The second kappa shape index (κ2) is 6.29. The van der Waals surface area contributed by atoms with Crippen molar-refractivity contribution in [1.29, 1.82) is 0 Å². The molecule has 1 N–H and O–H groups in total. The summed E-state index contributed by atoms with van der Waals surface area (Å²) in [5, 5.41) is 3.42. The Kier molecular flexibility index (Phi) is 4.84. The molecule has 0 aliphatic heterocycles. The van der Waals surface area contributed by atoms with Gasteiger partial charge in [-0.25, -0.2) is 4.39 Å². The first kappa shape index (κ1) is 16.2. The molecular weight excluding hydrogens is 281 g/mol. The predicted molar refractivity (Wildman–Crippen MR) is 89.7 cm³/mol. The van der Waals surface area contributed by atoms with Crippen LogP contribution in [0.15, 0.2) is 30.3 Å². The average molecular weight is 305 g/mol. The van der Waals surface area contributed by atoms with E-state index >= 15 is 0 Å². The van der Waals surface area contributed by atoms with Crippen LogP contribution >= 0.6 is 11.3 Å². The smallest absolute Gasteiger partial charge is 0.131 e. The second-order valence-electron chi connectivity index (χ2n) is 6.42. The van der Waals surface area contributed by atoms with E-state index in [9.17, 15) is 4.39 Å². The lowest BCUT2D eigenvalue weighted by Gasteiger charge is -2.19. The summed E-state index contributed by atoms with van der Waals surface area (Å²) in [5.74, 6) is -0.103. The van der Waals surface area contributed by atoms with Crippen molar-refractivity contribution in [2.75, 3.05) is 6.54 Å². The van der Waals surface area contributed by atoms with Crippen LogP contribution in [0.2, 0.25) is 0 Å². The molecule has 0 saturated heterocycles. The minimum Gasteiger partial charge on any atom is -0.306 e. The highest BCUT2D eigenvalue weighted by Crippen LogP contribution is 2.35. The Morgan fingerprint density at radius 1 is 1.19 bits per heavy atom. The number of nitrogens with one attached hydrogen (secondary N) is 1. The van der Waals surface area contributed by atoms with Gasteiger partial charge in [-0.2, -0.15) is 0 Å². The molecule has 0 aliphatic rings. The number of hydrogen-bond donors (Lipinski definition) is 1. The number of thiophene rings is 1. The van der Waals surface area contributed by atoms with Crippen molar-refractivity contribution >= 4 is 11.3 Å². The molecule has 1 aromatic heterocycles. The molecule has 114 valence electrons. The van der Waals surface area contributed by atoms with Crippen LogP contribution < -0.4 is 5.32 Å². The summed E-state index contributed by atoms with van der Waals surface area (Å²) in [6, 6.07) is 9.84. The van der Waals surface area contributed by atoms with Crippen LogP contribution in [0.25, 0.3) is 0 Å². The minimum atomic E-state index is -0.103. The van der Waals surface area contributed by atoms with Crippen molar-refractivity contribution < 1.29 is 4.39 Å². The van der Waals surface area contributed by atoms with Gasteiger partial charge in [-0.3, -0.25) is 0 Å². The molecule has 0 radical (unpaired) electrons. The average Bonchev–Trinajstić information content (AvgIpc) is 2.89. The Morgan fingerprint density at radius 3 is 2.48 bits per heavy atom. The van der Waals surface area contributed by atoms with E-state index in [4.69, 9.17) is 0 Å². The van der Waals surface area contributed by atoms with Gasteiger partial charge in [0.25, 0.3) is 0 Å². The third-order valence-corrected chi connectivity index (χ3v) is 5.17. The standard InChI is InChI=1S/C18H24FNS/c1-6-20-17(13-9-7-8-12(2)16(13)19)14-10-11-15(21-14)18(3,4)5/h7-11,17,20H,6H2,1-5H3. The molecule has 0 saturated carbocycles. The van der Waals surface area contributed by atoms with Gasteiger partial charge >= 0.3 is 0 Å². The Balaban J connectivity index is 2.44. The van der Waals surface area contributed by atoms with Crippen LogP contribution in [0.4, 0.5) is 4.39 Å². The summed E-state index contributed by atoms with van der Waals surface area (Å²) in [6.45, 7) is 11.3. The highest BCUT2D eigenvalue weighted by Gasteiger charge is 2.22. The van der Waals surface area contributed by atoms with E-state index in [1.807, 2.05) is 25.1 Å². The lowest BCUT2D eigenvalue weighted by Crippen LogP contribution is -2.22. The predicted octanol–water partition coefficient (Wildman–Crippen LogP) is 5.19. The quantitative estimate of drug-likeness (QED) is 0.819. The van der Waals surface area contributed by atoms with Gasteiger partial charge in [0.1, 0.15) is 5.82 Å². The van der Waals surface area contributed by atoms with E-state index in [1.54, 1.807) is 11.3 Å². The van der Waals surface area contributed by atoms with Gasteiger partial charge in [-0.1, -0.05) is 45.9 Å². The van der Waals surface area contributed by atoms with Crippen molar-refractivity contribution in [3.05, 3.63) is 57.0 Å². The molecule has 1 atom stereocenters. The van der Waals surface area contributed by atoms with Gasteiger partial charge in [0.2, 0.25) is 0 Å². The molecule has 0 spiro atoms. The topological polar surface area (TPSA) is 12.0 Å². The molecular formula is C18H24FNS. The Hall–Kier alpha value is -1.19. The van der Waals surface area contributed by atoms with Gasteiger partial charge in [0.05, 0.1) is 6.04 Å². The molecule has 3 heteroatoms. The fourth-order valence-electron chi connectivity index (χ4n) is 2.37. The maximum absolute atomic E-state index is 14.5. The van der Waals surface area contributed by atoms with Gasteiger partial charge < -0.3 is 5.32 Å². The van der Waals surface area contributed by atoms with Crippen molar-refractivity contribution in [3.8, 4) is 0 Å². The van der Waals surface area contributed by atoms with Crippen molar-refractivity contribution in [2.24, 2.45) is 0 Å². The lowest BCUT2D eigenvalue weighted by atomic mass is 9.95. The fourth-order valence-corrected chi connectivity index (χ4v) is 3.53. The van der Waals surface area contributed by atoms with Crippen LogP contribution in [0.5, 0.6) is 0 Å². The number of hydrogen-bond acceptors (Lipinski definition) is 2. The maximum atomic E-state index is 14.5. The summed E-state index contributed by atoms with van der Waals surface area (Å²) in [5.41, 5.74) is 1.56. The monoisotopic (exact) mass is 305 g/mol. The Morgan fingerprint density at radius 2 is 1.90 bits per heavy atom. The number of rotatable bonds is 4. The molecule has 2 rings (SSSR count). The van der Waals surface area contributed by atoms with E-state index in [2.05, 4.69) is 45.1 Å². The Bertz CT molecular complexity index is 610. The Labute approximate surface area is 131 Å². The highest BCUT2D eigenvalue weighted by atomic mass is 32.1. The number of aryl methyl sites for hydroxylation is 1. The van der Waals surface area contributed by atoms with Crippen molar-refractivity contribution in [3.63, 3.8) is 0 Å². The maximum Gasteiger partial charge on any atom is 0.131 e. The first-order chi connectivity index (χ1) is 9.84. The normalized spacial score (nSPS) is 13.4. The zero-order valence-corrected chi connectivity index (χ0v) is 14.3. The summed E-state index contributed by atoms with van der Waals surface area (Å²) in [6.07, 6.45) is 0. The summed E-state index contributed by atoms with van der Waals surface area (Å²) < 4.78 is 14.5. The molecule has 0 fully saturated rings. The zero-order valence-electron chi connectivity index (χ0n) is 13.5. The van der Waals surface area contributed by atoms with Gasteiger partial charge in [0.15, 0.2) is 0 Å². The number of halogens is 1. The molecule has 0 bridgehead atoms. The summed E-state index contributed by atoms with van der Waals surface area (Å²) in [7, 11) is 0. The molecule has 0 aliphatic carbocycles. The molecule has 21 heavy (non-hydrogen) atoms. The van der Waals surface area contributed by atoms with Crippen LogP contribution in [0, 0.1) is 12.7 Å². The molecule has 2 aromatic rings. The largest absolute Gasteiger partial charge is 0.306 e. The third-order valence-electron chi connectivity index (χ3n) is 3.59. The zero-order chi connectivity index (χ0) is 15.6. The summed E-state index contributed by atoms with van der Waals surface area (Å²) in [4.78, 5) is 2.50. The third kappa shape index (κ3) is 3.53. The fraction of sp³-hybridized carbons (Fsp3) is 0.444. The first-order valence-electron chi connectivity index (χ1n) is 7.43. The van der Waals surface area contributed by atoms with Gasteiger partial charge in [0, 0.05) is 15.3 Å². The van der Waals surface area contributed by atoms with Gasteiger partial charge in [-0.15, -0.1) is 11.3 Å². The first-order valence-corrected chi connectivity index (χ1v) is 8.25. The summed E-state index contributed by atoms with van der Waals surface area (Å²) >= 11 is 1.77. The van der Waals surface area contributed by atoms with Crippen LogP contribution in [-0.4, -0.2) is 6.54 Å². The van der Waals surface area contributed by atoms with E-state index in [1.165, 1.54) is 9.75 Å². The molecule has 1 unspecified atom stereocenters. The molecule has 0 amide bonds. The van der Waals surface area contributed by atoms with E-state index < -0.39 is 0 Å². The lowest BCUT2D eigenvalue weighted by molar-refractivity contribution is 0.557. The van der Waals surface area contributed by atoms with Crippen LogP contribution in [0.3, 0.4) is 0 Å². The highest BCUT2D eigenvalue weighted by molar-refractivity contribution is 7.12. The second-order valence-corrected chi connectivity index (χ2v) is 7.54. The van der Waals surface area contributed by atoms with Crippen molar-refractivity contribution in [2.45, 2.75) is 46.1 Å². The van der Waals surface area contributed by atoms with Crippen LogP contribution in [-0.2, 0) is 5.41 Å². The number of benzene rings is 1. The van der Waals surface area contributed by atoms with E-state index in [0.717, 1.165) is 12.1 Å². The van der Waals surface area contributed by atoms with E-state index in [-0.39, 0.29) is 17.3 Å².